The molecule has 0 unspecified atom stereocenters. The Kier molecular flexibility index (Phi) is 5.19. The molecule has 1 aliphatic carbocycles. The maximum atomic E-state index is 13.5. The number of amides is 1. The number of nitrogens with one attached hydrogen (secondary N) is 2. The summed E-state index contributed by atoms with van der Waals surface area (Å²) in [6, 6.07) is 5.58. The van der Waals surface area contributed by atoms with Crippen LogP contribution >= 0.6 is 11.6 Å². The van der Waals surface area contributed by atoms with Gasteiger partial charge in [0.1, 0.15) is 5.54 Å². The molecule has 11 heteroatoms. The first kappa shape index (κ1) is 21.3. The van der Waals surface area contributed by atoms with Crippen LogP contribution in [-0.4, -0.2) is 56.7 Å². The summed E-state index contributed by atoms with van der Waals surface area (Å²) in [7, 11) is -3.84. The molecule has 162 valence electrons. The highest BCUT2D eigenvalue weighted by Gasteiger charge is 2.47. The van der Waals surface area contributed by atoms with Crippen LogP contribution in [0.4, 0.5) is 14.5 Å². The van der Waals surface area contributed by atoms with Crippen molar-refractivity contribution in [3.05, 3.63) is 23.2 Å². The van der Waals surface area contributed by atoms with Crippen molar-refractivity contribution in [1.29, 1.82) is 5.26 Å². The largest absolute Gasteiger partial charge is 0.365 e. The summed E-state index contributed by atoms with van der Waals surface area (Å²) in [6.45, 7) is -0.178. The maximum Gasteiger partial charge on any atom is 0.266 e. The molecule has 2 heterocycles. The van der Waals surface area contributed by atoms with Crippen molar-refractivity contribution in [3.8, 4) is 6.07 Å². The van der Waals surface area contributed by atoms with Crippen LogP contribution in [0, 0.1) is 11.3 Å². The van der Waals surface area contributed by atoms with Gasteiger partial charge in [0, 0.05) is 25.2 Å². The zero-order chi connectivity index (χ0) is 21.7. The van der Waals surface area contributed by atoms with E-state index in [4.69, 9.17) is 16.9 Å². The minimum Gasteiger partial charge on any atom is -0.365 e. The highest BCUT2D eigenvalue weighted by molar-refractivity contribution is 7.92. The van der Waals surface area contributed by atoms with E-state index in [1.807, 2.05) is 0 Å². The fraction of sp³-hybridized carbons (Fsp3) is 0.579. The van der Waals surface area contributed by atoms with Crippen molar-refractivity contribution in [2.24, 2.45) is 0 Å². The predicted molar refractivity (Wildman–Crippen MR) is 106 cm³/mol. The summed E-state index contributed by atoms with van der Waals surface area (Å²) < 4.78 is 53.1. The molecular formula is C19H21ClF2N4O3S. The Hall–Kier alpha value is -1.96. The molecule has 2 saturated heterocycles. The predicted octanol–water partition coefficient (Wildman–Crippen LogP) is 1.86. The van der Waals surface area contributed by atoms with Crippen molar-refractivity contribution in [3.63, 3.8) is 0 Å². The van der Waals surface area contributed by atoms with Crippen LogP contribution in [0.3, 0.4) is 0 Å². The maximum absolute atomic E-state index is 13.5. The van der Waals surface area contributed by atoms with Crippen molar-refractivity contribution in [1.82, 2.24) is 10.6 Å². The topological polar surface area (TPSA) is 102 Å². The second kappa shape index (κ2) is 7.32. The fourth-order valence-corrected chi connectivity index (χ4v) is 6.11. The third kappa shape index (κ3) is 3.98. The molecule has 30 heavy (non-hydrogen) atoms. The third-order valence-electron chi connectivity index (χ3n) is 5.93. The number of rotatable bonds is 5. The molecule has 7 nitrogen and oxygen atoms in total. The molecule has 1 aromatic carbocycles. The molecule has 1 aromatic rings. The van der Waals surface area contributed by atoms with Crippen LogP contribution in [0.15, 0.2) is 23.1 Å². The molecule has 2 atom stereocenters. The van der Waals surface area contributed by atoms with Crippen LogP contribution in [0.25, 0.3) is 0 Å². The van der Waals surface area contributed by atoms with Gasteiger partial charge in [-0.3, -0.25) is 4.79 Å². The summed E-state index contributed by atoms with van der Waals surface area (Å²) >= 11 is 6.23. The monoisotopic (exact) mass is 458 g/mol. The first-order chi connectivity index (χ1) is 14.1. The van der Waals surface area contributed by atoms with Crippen molar-refractivity contribution in [2.45, 2.75) is 53.3 Å². The number of nitrogens with zero attached hydrogens (tertiary/aromatic N) is 2. The Labute approximate surface area is 178 Å². The van der Waals surface area contributed by atoms with E-state index in [1.165, 1.54) is 23.1 Å². The van der Waals surface area contributed by atoms with E-state index in [-0.39, 0.29) is 41.8 Å². The Morgan fingerprint density at radius 3 is 2.63 bits per heavy atom. The van der Waals surface area contributed by atoms with Gasteiger partial charge in [0.15, 0.2) is 9.84 Å². The number of benzene rings is 1. The Morgan fingerprint density at radius 2 is 2.07 bits per heavy atom. The molecule has 2 aliphatic heterocycles. The number of sulfone groups is 1. The van der Waals surface area contributed by atoms with Gasteiger partial charge >= 0.3 is 0 Å². The van der Waals surface area contributed by atoms with Crippen molar-refractivity contribution in [2.75, 3.05) is 24.5 Å². The molecular weight excluding hydrogens is 438 g/mol. The quantitative estimate of drug-likeness (QED) is 0.698. The van der Waals surface area contributed by atoms with Gasteiger partial charge in [-0.2, -0.15) is 5.26 Å². The van der Waals surface area contributed by atoms with Gasteiger partial charge in [0.05, 0.1) is 33.8 Å². The smallest absolute Gasteiger partial charge is 0.266 e. The fourth-order valence-electron chi connectivity index (χ4n) is 3.91. The molecule has 0 spiro atoms. The molecule has 3 aliphatic rings. The van der Waals surface area contributed by atoms with Gasteiger partial charge in [-0.1, -0.05) is 11.6 Å². The molecule has 0 aromatic heterocycles. The average Bonchev–Trinajstić information content (AvgIpc) is 3.11. The number of anilines is 1. The lowest BCUT2D eigenvalue weighted by Crippen LogP contribution is -2.45. The number of carbonyl (C=O) groups excluding carboxylic acids is 1. The number of hydrogen-bond acceptors (Lipinski definition) is 6. The van der Waals surface area contributed by atoms with Crippen molar-refractivity contribution < 1.29 is 22.0 Å². The number of halogens is 3. The second-order valence-corrected chi connectivity index (χ2v) is 10.8. The number of carbonyl (C=O) groups is 1. The Morgan fingerprint density at radius 1 is 1.33 bits per heavy atom. The molecule has 0 radical (unpaired) electrons. The summed E-state index contributed by atoms with van der Waals surface area (Å²) in [4.78, 5) is 13.8. The van der Waals surface area contributed by atoms with Gasteiger partial charge in [-0.15, -0.1) is 0 Å². The van der Waals surface area contributed by atoms with Gasteiger partial charge in [0.2, 0.25) is 5.91 Å². The molecule has 0 bridgehead atoms. The standard InChI is InChI=1S/C19H21ClF2N4O3S/c20-14-7-12(26-6-5-19(21,22)11-26)1-2-16(14)30(28,29)13-8-15(24-9-13)17(27)25-18(10-23)3-4-18/h1-2,7,13,15,24H,3-6,8-9,11H2,(H,25,27)/t13-,15+/m1/s1. The summed E-state index contributed by atoms with van der Waals surface area (Å²) in [5.41, 5.74) is -0.370. The Bertz CT molecular complexity index is 1020. The minimum atomic E-state index is -3.84. The first-order valence-corrected chi connectivity index (χ1v) is 11.6. The lowest BCUT2D eigenvalue weighted by Gasteiger charge is -2.20. The summed E-state index contributed by atoms with van der Waals surface area (Å²) in [6.07, 6.45) is 0.990. The first-order valence-electron chi connectivity index (χ1n) is 9.68. The van der Waals surface area contributed by atoms with E-state index in [0.717, 1.165) is 0 Å². The van der Waals surface area contributed by atoms with E-state index >= 15 is 0 Å². The SMILES string of the molecule is N#CC1(NC(=O)[C@@H]2C[C@@H](S(=O)(=O)c3ccc(N4CCC(F)(F)C4)cc3Cl)CN2)CC1. The van der Waals surface area contributed by atoms with Crippen molar-refractivity contribution >= 4 is 33.0 Å². The highest BCUT2D eigenvalue weighted by Crippen LogP contribution is 2.36. The normalized spacial score (nSPS) is 26.9. The van der Waals surface area contributed by atoms with Gasteiger partial charge < -0.3 is 15.5 Å². The molecule has 1 saturated carbocycles. The van der Waals surface area contributed by atoms with E-state index in [0.29, 0.717) is 18.5 Å². The van der Waals surface area contributed by atoms with Crippen LogP contribution < -0.4 is 15.5 Å². The summed E-state index contributed by atoms with van der Waals surface area (Å²) in [5, 5.41) is 13.8. The average molecular weight is 459 g/mol. The summed E-state index contributed by atoms with van der Waals surface area (Å²) in [5.74, 6) is -3.16. The third-order valence-corrected chi connectivity index (χ3v) is 8.56. The lowest BCUT2D eigenvalue weighted by molar-refractivity contribution is -0.123. The zero-order valence-corrected chi connectivity index (χ0v) is 17.6. The Balaban J connectivity index is 1.46. The molecule has 4 rings (SSSR count). The van der Waals surface area contributed by atoms with E-state index in [2.05, 4.69) is 16.7 Å². The highest BCUT2D eigenvalue weighted by atomic mass is 35.5. The molecule has 2 N–H and O–H groups in total. The molecule has 3 fully saturated rings. The van der Waals surface area contributed by atoms with Crippen LogP contribution in [0.1, 0.15) is 25.7 Å². The van der Waals surface area contributed by atoms with E-state index in [1.54, 1.807) is 0 Å². The lowest BCUT2D eigenvalue weighted by atomic mass is 10.2. The minimum absolute atomic E-state index is 0.0305. The number of alkyl halides is 2. The van der Waals surface area contributed by atoms with Gasteiger partial charge in [-0.05, 0) is 37.5 Å². The van der Waals surface area contributed by atoms with Crippen LogP contribution in [0.2, 0.25) is 5.02 Å². The number of hydrogen-bond donors (Lipinski definition) is 2. The second-order valence-electron chi connectivity index (χ2n) is 8.19. The van der Waals surface area contributed by atoms with E-state index in [9.17, 15) is 22.0 Å². The zero-order valence-electron chi connectivity index (χ0n) is 16.0. The van der Waals surface area contributed by atoms with Crippen LogP contribution in [-0.2, 0) is 14.6 Å². The van der Waals surface area contributed by atoms with Gasteiger partial charge in [0.25, 0.3) is 5.92 Å². The van der Waals surface area contributed by atoms with E-state index < -0.39 is 39.1 Å². The van der Waals surface area contributed by atoms with Crippen LogP contribution in [0.5, 0.6) is 0 Å². The molecule has 1 amide bonds. The van der Waals surface area contributed by atoms with Gasteiger partial charge in [-0.25, -0.2) is 17.2 Å². The number of nitriles is 1.